The maximum atomic E-state index is 12.0. The van der Waals surface area contributed by atoms with Gasteiger partial charge in [0.2, 0.25) is 10.0 Å². The van der Waals surface area contributed by atoms with Crippen molar-refractivity contribution in [1.82, 2.24) is 4.72 Å². The predicted octanol–water partition coefficient (Wildman–Crippen LogP) is 1.66. The molecule has 1 aliphatic carbocycles. The van der Waals surface area contributed by atoms with Crippen molar-refractivity contribution in [2.45, 2.75) is 43.5 Å². The van der Waals surface area contributed by atoms with Gasteiger partial charge in [-0.15, -0.1) is 0 Å². The molecule has 2 rings (SSSR count). The molecule has 0 bridgehead atoms. The average Bonchev–Trinajstić information content (AvgIpc) is 2.23. The molecule has 94 valence electrons. The van der Waals surface area contributed by atoms with Gasteiger partial charge in [-0.1, -0.05) is 19.4 Å². The van der Waals surface area contributed by atoms with Crippen LogP contribution in [0.1, 0.15) is 31.7 Å². The Kier molecular flexibility index (Phi) is 3.40. The molecule has 17 heavy (non-hydrogen) atoms. The number of anilines is 1. The summed E-state index contributed by atoms with van der Waals surface area (Å²) in [5, 5.41) is 0. The summed E-state index contributed by atoms with van der Waals surface area (Å²) in [6.07, 6.45) is 3.77. The molecule has 0 spiro atoms. The molecule has 1 aliphatic rings. The van der Waals surface area contributed by atoms with Gasteiger partial charge >= 0.3 is 0 Å². The van der Waals surface area contributed by atoms with Crippen molar-refractivity contribution >= 4 is 15.7 Å². The Hall–Kier alpha value is -1.07. The van der Waals surface area contributed by atoms with Gasteiger partial charge in [0, 0.05) is 11.7 Å². The molecule has 0 aliphatic heterocycles. The fraction of sp³-hybridized carbons (Fsp3) is 0.500. The van der Waals surface area contributed by atoms with Crippen molar-refractivity contribution in [1.29, 1.82) is 0 Å². The van der Waals surface area contributed by atoms with Crippen molar-refractivity contribution in [2.24, 2.45) is 0 Å². The molecule has 5 heteroatoms. The van der Waals surface area contributed by atoms with Gasteiger partial charge < -0.3 is 5.73 Å². The third-order valence-electron chi connectivity index (χ3n) is 3.24. The minimum Gasteiger partial charge on any atom is -0.398 e. The van der Waals surface area contributed by atoms with Crippen LogP contribution in [0.5, 0.6) is 0 Å². The molecule has 0 unspecified atom stereocenters. The third kappa shape index (κ3) is 2.61. The summed E-state index contributed by atoms with van der Waals surface area (Å²) in [5.41, 5.74) is 7.34. The molecule has 0 radical (unpaired) electrons. The molecular formula is C12H18N2O2S. The van der Waals surface area contributed by atoms with Crippen molar-refractivity contribution in [3.05, 3.63) is 23.8 Å². The van der Waals surface area contributed by atoms with Crippen LogP contribution in [0, 0.1) is 0 Å². The monoisotopic (exact) mass is 254 g/mol. The summed E-state index contributed by atoms with van der Waals surface area (Å²) in [4.78, 5) is 0.263. The number of aryl methyl sites for hydroxylation is 1. The lowest BCUT2D eigenvalue weighted by Gasteiger charge is -2.26. The maximum absolute atomic E-state index is 12.0. The van der Waals surface area contributed by atoms with Crippen LogP contribution in [-0.2, 0) is 16.4 Å². The summed E-state index contributed by atoms with van der Waals surface area (Å²) in [5.74, 6) is 0. The molecule has 0 saturated heterocycles. The van der Waals surface area contributed by atoms with Gasteiger partial charge in [-0.05, 0) is 37.0 Å². The number of nitrogen functional groups attached to an aromatic ring is 1. The van der Waals surface area contributed by atoms with Crippen molar-refractivity contribution in [3.8, 4) is 0 Å². The Balaban J connectivity index is 2.23. The molecular weight excluding hydrogens is 236 g/mol. The van der Waals surface area contributed by atoms with E-state index in [0.717, 1.165) is 31.2 Å². The number of nitrogens with one attached hydrogen (secondary N) is 1. The van der Waals surface area contributed by atoms with Crippen LogP contribution in [0.15, 0.2) is 23.1 Å². The number of hydrogen-bond donors (Lipinski definition) is 2. The Morgan fingerprint density at radius 3 is 2.59 bits per heavy atom. The lowest BCUT2D eigenvalue weighted by atomic mass is 9.94. The minimum absolute atomic E-state index is 0.104. The van der Waals surface area contributed by atoms with Gasteiger partial charge in [-0.25, -0.2) is 13.1 Å². The topological polar surface area (TPSA) is 72.2 Å². The Morgan fingerprint density at radius 1 is 1.41 bits per heavy atom. The van der Waals surface area contributed by atoms with E-state index >= 15 is 0 Å². The predicted molar refractivity (Wildman–Crippen MR) is 68.2 cm³/mol. The zero-order chi connectivity index (χ0) is 12.5. The first kappa shape index (κ1) is 12.4. The molecule has 1 aromatic rings. The first-order chi connectivity index (χ1) is 8.03. The highest BCUT2D eigenvalue weighted by atomic mass is 32.2. The molecule has 0 aromatic heterocycles. The van der Waals surface area contributed by atoms with Gasteiger partial charge in [-0.3, -0.25) is 0 Å². The quantitative estimate of drug-likeness (QED) is 0.803. The van der Waals surface area contributed by atoms with Crippen LogP contribution < -0.4 is 10.5 Å². The van der Waals surface area contributed by atoms with E-state index < -0.39 is 10.0 Å². The molecule has 1 saturated carbocycles. The van der Waals surface area contributed by atoms with Crippen LogP contribution in [0.2, 0.25) is 0 Å². The lowest BCUT2D eigenvalue weighted by Crippen LogP contribution is -2.39. The highest BCUT2D eigenvalue weighted by Gasteiger charge is 2.24. The summed E-state index contributed by atoms with van der Waals surface area (Å²) >= 11 is 0. The van der Waals surface area contributed by atoms with Gasteiger partial charge in [0.15, 0.2) is 0 Å². The summed E-state index contributed by atoms with van der Waals surface area (Å²) in [6.45, 7) is 1.99. The normalized spacial score (nSPS) is 16.8. The number of sulfonamides is 1. The maximum Gasteiger partial charge on any atom is 0.240 e. The highest BCUT2D eigenvalue weighted by molar-refractivity contribution is 7.89. The zero-order valence-corrected chi connectivity index (χ0v) is 10.8. The summed E-state index contributed by atoms with van der Waals surface area (Å²) in [7, 11) is -3.40. The first-order valence-electron chi connectivity index (χ1n) is 5.93. The SMILES string of the molecule is CCc1ccc(S(=O)(=O)NC2CCC2)cc1N. The first-order valence-corrected chi connectivity index (χ1v) is 7.42. The van der Waals surface area contributed by atoms with Gasteiger partial charge in [0.05, 0.1) is 4.90 Å². The van der Waals surface area contributed by atoms with Crippen molar-refractivity contribution < 1.29 is 8.42 Å². The second kappa shape index (κ2) is 4.66. The number of rotatable bonds is 4. The van der Waals surface area contributed by atoms with E-state index in [2.05, 4.69) is 4.72 Å². The molecule has 0 heterocycles. The average molecular weight is 254 g/mol. The van der Waals surface area contributed by atoms with E-state index in [9.17, 15) is 8.42 Å². The van der Waals surface area contributed by atoms with E-state index in [4.69, 9.17) is 5.73 Å². The lowest BCUT2D eigenvalue weighted by molar-refractivity contribution is 0.383. The van der Waals surface area contributed by atoms with E-state index in [1.54, 1.807) is 18.2 Å². The van der Waals surface area contributed by atoms with Gasteiger partial charge in [-0.2, -0.15) is 0 Å². The van der Waals surface area contributed by atoms with Gasteiger partial charge in [0.1, 0.15) is 0 Å². The van der Waals surface area contributed by atoms with Crippen LogP contribution in [-0.4, -0.2) is 14.5 Å². The largest absolute Gasteiger partial charge is 0.398 e. The van der Waals surface area contributed by atoms with E-state index in [0.29, 0.717) is 5.69 Å². The molecule has 0 amide bonds. The van der Waals surface area contributed by atoms with Crippen LogP contribution in [0.3, 0.4) is 0 Å². The van der Waals surface area contributed by atoms with E-state index in [-0.39, 0.29) is 10.9 Å². The van der Waals surface area contributed by atoms with Crippen molar-refractivity contribution in [2.75, 3.05) is 5.73 Å². The zero-order valence-electron chi connectivity index (χ0n) is 9.94. The second-order valence-corrected chi connectivity index (χ2v) is 6.18. The minimum atomic E-state index is -3.40. The van der Waals surface area contributed by atoms with E-state index in [1.807, 2.05) is 6.92 Å². The molecule has 1 aromatic carbocycles. The summed E-state index contributed by atoms with van der Waals surface area (Å²) in [6, 6.07) is 5.05. The standard InChI is InChI=1S/C12H18N2O2S/c1-2-9-6-7-11(8-12(9)13)17(15,16)14-10-4-3-5-10/h6-8,10,14H,2-5,13H2,1H3. The molecule has 0 atom stereocenters. The Bertz CT molecular complexity index is 507. The van der Waals surface area contributed by atoms with Crippen LogP contribution in [0.4, 0.5) is 5.69 Å². The number of nitrogens with two attached hydrogens (primary N) is 1. The smallest absolute Gasteiger partial charge is 0.240 e. The fourth-order valence-electron chi connectivity index (χ4n) is 1.88. The Morgan fingerprint density at radius 2 is 2.12 bits per heavy atom. The number of benzene rings is 1. The third-order valence-corrected chi connectivity index (χ3v) is 4.75. The van der Waals surface area contributed by atoms with E-state index in [1.165, 1.54) is 0 Å². The van der Waals surface area contributed by atoms with Crippen molar-refractivity contribution in [3.63, 3.8) is 0 Å². The second-order valence-electron chi connectivity index (χ2n) is 4.46. The van der Waals surface area contributed by atoms with Crippen LogP contribution >= 0.6 is 0 Å². The number of hydrogen-bond acceptors (Lipinski definition) is 3. The molecule has 1 fully saturated rings. The van der Waals surface area contributed by atoms with Gasteiger partial charge in [0.25, 0.3) is 0 Å². The van der Waals surface area contributed by atoms with Crippen LogP contribution in [0.25, 0.3) is 0 Å². The summed E-state index contributed by atoms with van der Waals surface area (Å²) < 4.78 is 26.7. The highest BCUT2D eigenvalue weighted by Crippen LogP contribution is 2.23. The fourth-order valence-corrected chi connectivity index (χ4v) is 3.22. The molecule has 4 nitrogen and oxygen atoms in total. The Labute approximate surface area is 102 Å². The molecule has 3 N–H and O–H groups in total.